The van der Waals surface area contributed by atoms with Crippen molar-refractivity contribution >= 4 is 34.1 Å². The fraction of sp³-hybridized carbons (Fsp3) is 0.0500. The fourth-order valence-corrected chi connectivity index (χ4v) is 3.58. The molecule has 3 heterocycles. The normalized spacial score (nSPS) is 10.7. The largest absolute Gasteiger partial charge is 0.463 e. The zero-order valence-electron chi connectivity index (χ0n) is 14.4. The van der Waals surface area contributed by atoms with Crippen LogP contribution in [0.2, 0.25) is 0 Å². The first-order valence-electron chi connectivity index (χ1n) is 8.22. The molecule has 4 aromatic rings. The topological polar surface area (TPSA) is 84.2 Å². The van der Waals surface area contributed by atoms with Crippen molar-refractivity contribution in [2.24, 2.45) is 0 Å². The molecule has 1 aromatic carbocycles. The van der Waals surface area contributed by atoms with Crippen LogP contribution in [0.15, 0.2) is 64.6 Å². The summed E-state index contributed by atoms with van der Waals surface area (Å²) in [6.45, 7) is 1.85. The Balaban J connectivity index is 1.64. The highest BCUT2D eigenvalue weighted by molar-refractivity contribution is 7.12. The third-order valence-electron chi connectivity index (χ3n) is 4.09. The maximum absolute atomic E-state index is 12.8. The average molecular weight is 377 g/mol. The highest BCUT2D eigenvalue weighted by atomic mass is 32.1. The van der Waals surface area contributed by atoms with E-state index in [9.17, 15) is 9.59 Å². The molecule has 0 bridgehead atoms. The van der Waals surface area contributed by atoms with E-state index in [1.54, 1.807) is 24.5 Å². The van der Waals surface area contributed by atoms with Crippen LogP contribution >= 0.6 is 11.3 Å². The van der Waals surface area contributed by atoms with Gasteiger partial charge < -0.3 is 4.42 Å². The van der Waals surface area contributed by atoms with Gasteiger partial charge in [0.2, 0.25) is 0 Å². The summed E-state index contributed by atoms with van der Waals surface area (Å²) in [4.78, 5) is 30.1. The quantitative estimate of drug-likeness (QED) is 0.530. The molecule has 0 aliphatic rings. The Bertz CT molecular complexity index is 1130. The third kappa shape index (κ3) is 3.32. The maximum Gasteiger partial charge on any atom is 0.280 e. The zero-order valence-corrected chi connectivity index (χ0v) is 15.2. The molecule has 0 saturated carbocycles. The molecule has 0 aliphatic heterocycles. The molecule has 7 heteroatoms. The van der Waals surface area contributed by atoms with Gasteiger partial charge in [-0.25, -0.2) is 4.98 Å². The zero-order chi connectivity index (χ0) is 18.8. The van der Waals surface area contributed by atoms with Crippen LogP contribution in [0.25, 0.3) is 22.4 Å². The molecule has 27 heavy (non-hydrogen) atoms. The van der Waals surface area contributed by atoms with E-state index in [1.807, 2.05) is 42.6 Å². The second-order valence-electron chi connectivity index (χ2n) is 5.89. The molecule has 2 amide bonds. The summed E-state index contributed by atoms with van der Waals surface area (Å²) < 4.78 is 5.40. The van der Waals surface area contributed by atoms with E-state index in [0.717, 1.165) is 5.56 Å². The predicted octanol–water partition coefficient (Wildman–Crippen LogP) is 3.94. The molecule has 0 fully saturated rings. The highest BCUT2D eigenvalue weighted by Crippen LogP contribution is 2.25. The van der Waals surface area contributed by atoms with Gasteiger partial charge in [0.05, 0.1) is 22.2 Å². The number of thiophene rings is 1. The maximum atomic E-state index is 12.8. The number of hydrazine groups is 1. The number of para-hydroxylation sites is 1. The number of benzene rings is 1. The molecule has 0 atom stereocenters. The van der Waals surface area contributed by atoms with Gasteiger partial charge in [-0.05, 0) is 48.2 Å². The lowest BCUT2D eigenvalue weighted by atomic mass is 10.1. The van der Waals surface area contributed by atoms with E-state index in [0.29, 0.717) is 32.8 Å². The number of hydrogen-bond acceptors (Lipinski definition) is 5. The van der Waals surface area contributed by atoms with Crippen molar-refractivity contribution in [1.29, 1.82) is 0 Å². The Morgan fingerprint density at radius 3 is 2.59 bits per heavy atom. The molecule has 0 saturated heterocycles. The van der Waals surface area contributed by atoms with Crippen LogP contribution in [-0.4, -0.2) is 16.8 Å². The number of nitrogens with one attached hydrogen (secondary N) is 2. The molecular weight excluding hydrogens is 362 g/mol. The minimum Gasteiger partial charge on any atom is -0.463 e. The first-order chi connectivity index (χ1) is 13.1. The van der Waals surface area contributed by atoms with Gasteiger partial charge in [0.25, 0.3) is 11.8 Å². The highest BCUT2D eigenvalue weighted by Gasteiger charge is 2.17. The summed E-state index contributed by atoms with van der Waals surface area (Å²) >= 11 is 1.32. The molecule has 4 rings (SSSR count). The van der Waals surface area contributed by atoms with Crippen LogP contribution in [0.1, 0.15) is 25.6 Å². The lowest BCUT2D eigenvalue weighted by molar-refractivity contribution is 0.0849. The van der Waals surface area contributed by atoms with Gasteiger partial charge >= 0.3 is 0 Å². The second-order valence-corrected chi connectivity index (χ2v) is 6.81. The van der Waals surface area contributed by atoms with Gasteiger partial charge in [-0.2, -0.15) is 0 Å². The Morgan fingerprint density at radius 1 is 1.04 bits per heavy atom. The smallest absolute Gasteiger partial charge is 0.280 e. The number of hydrogen-bond donors (Lipinski definition) is 2. The summed E-state index contributed by atoms with van der Waals surface area (Å²) in [6.07, 6.45) is 1.55. The Morgan fingerprint density at radius 2 is 1.85 bits per heavy atom. The van der Waals surface area contributed by atoms with E-state index in [4.69, 9.17) is 4.42 Å². The van der Waals surface area contributed by atoms with Gasteiger partial charge in [-0.3, -0.25) is 20.4 Å². The number of furan rings is 1. The van der Waals surface area contributed by atoms with E-state index >= 15 is 0 Å². The number of pyridine rings is 1. The predicted molar refractivity (Wildman–Crippen MR) is 103 cm³/mol. The van der Waals surface area contributed by atoms with Crippen LogP contribution in [0.3, 0.4) is 0 Å². The van der Waals surface area contributed by atoms with Crippen LogP contribution < -0.4 is 10.9 Å². The van der Waals surface area contributed by atoms with Crippen molar-refractivity contribution in [3.05, 3.63) is 76.2 Å². The molecular formula is C20H15N3O3S. The van der Waals surface area contributed by atoms with Gasteiger partial charge in [-0.15, -0.1) is 11.3 Å². The number of fused-ring (bicyclic) bond motifs is 1. The summed E-state index contributed by atoms with van der Waals surface area (Å²) in [6, 6.07) is 14.4. The van der Waals surface area contributed by atoms with Crippen molar-refractivity contribution in [3.63, 3.8) is 0 Å². The molecule has 2 N–H and O–H groups in total. The number of aromatic nitrogens is 1. The summed E-state index contributed by atoms with van der Waals surface area (Å²) in [5, 5.41) is 2.52. The van der Waals surface area contributed by atoms with Crippen molar-refractivity contribution in [2.45, 2.75) is 6.92 Å². The number of rotatable bonds is 3. The third-order valence-corrected chi connectivity index (χ3v) is 5.11. The number of nitrogens with zero attached hydrogens (tertiary/aromatic N) is 1. The monoisotopic (exact) mass is 377 g/mol. The molecule has 0 unspecified atom stereocenters. The van der Waals surface area contributed by atoms with Crippen LogP contribution in [0.5, 0.6) is 0 Å². The van der Waals surface area contributed by atoms with Crippen LogP contribution in [-0.2, 0) is 0 Å². The molecule has 0 spiro atoms. The second kappa shape index (κ2) is 7.05. The lowest BCUT2D eigenvalue weighted by Gasteiger charge is -2.10. The van der Waals surface area contributed by atoms with Crippen molar-refractivity contribution < 1.29 is 14.0 Å². The molecule has 0 aliphatic carbocycles. The number of carbonyl (C=O) groups is 2. The number of aryl methyl sites for hydroxylation is 1. The first-order valence-corrected chi connectivity index (χ1v) is 9.10. The minimum atomic E-state index is -0.427. The number of amides is 2. The van der Waals surface area contributed by atoms with Crippen LogP contribution in [0, 0.1) is 6.92 Å². The van der Waals surface area contributed by atoms with E-state index in [1.165, 1.54) is 11.3 Å². The first kappa shape index (κ1) is 17.0. The van der Waals surface area contributed by atoms with Gasteiger partial charge in [0.15, 0.2) is 5.76 Å². The minimum absolute atomic E-state index is 0.347. The van der Waals surface area contributed by atoms with Crippen molar-refractivity contribution in [2.75, 3.05) is 0 Å². The van der Waals surface area contributed by atoms with Gasteiger partial charge in [-0.1, -0.05) is 18.2 Å². The number of carbonyl (C=O) groups excluding carboxylic acids is 2. The van der Waals surface area contributed by atoms with E-state index < -0.39 is 5.91 Å². The Labute approximate surface area is 158 Å². The summed E-state index contributed by atoms with van der Waals surface area (Å²) in [7, 11) is 0. The molecule has 6 nitrogen and oxygen atoms in total. The van der Waals surface area contributed by atoms with Crippen molar-refractivity contribution in [1.82, 2.24) is 15.8 Å². The van der Waals surface area contributed by atoms with E-state index in [2.05, 4.69) is 15.8 Å². The lowest BCUT2D eigenvalue weighted by Crippen LogP contribution is -2.41. The Hall–Kier alpha value is -3.45. The molecule has 134 valence electrons. The summed E-state index contributed by atoms with van der Waals surface area (Å²) in [5.74, 6) is -0.211. The Kier molecular flexibility index (Phi) is 4.43. The standard InChI is InChI=1S/C20H15N3O3S/c1-12-8-10-27-18(12)20(25)23-22-19(24)14-11-16(17-7-4-9-26-17)21-15-6-3-2-5-13(14)15/h2-11H,1H3,(H,22,24)(H,23,25). The average Bonchev–Trinajstić information content (AvgIpc) is 3.36. The van der Waals surface area contributed by atoms with Crippen LogP contribution in [0.4, 0.5) is 0 Å². The molecule has 3 aromatic heterocycles. The summed E-state index contributed by atoms with van der Waals surface area (Å²) in [5.41, 5.74) is 7.43. The van der Waals surface area contributed by atoms with Gasteiger partial charge in [0.1, 0.15) is 5.69 Å². The SMILES string of the molecule is Cc1ccsc1C(=O)NNC(=O)c1cc(-c2ccco2)nc2ccccc12. The van der Waals surface area contributed by atoms with Crippen molar-refractivity contribution in [3.8, 4) is 11.5 Å². The fourth-order valence-electron chi connectivity index (χ4n) is 2.76. The van der Waals surface area contributed by atoms with Gasteiger partial charge in [0, 0.05) is 5.39 Å². The molecule has 0 radical (unpaired) electrons. The van der Waals surface area contributed by atoms with E-state index in [-0.39, 0.29) is 5.91 Å².